The number of amides is 1. The van der Waals surface area contributed by atoms with E-state index >= 15 is 0 Å². The van der Waals surface area contributed by atoms with E-state index in [4.69, 9.17) is 0 Å². The van der Waals surface area contributed by atoms with E-state index in [2.05, 4.69) is 5.32 Å². The van der Waals surface area contributed by atoms with Crippen LogP contribution >= 0.6 is 11.8 Å². The van der Waals surface area contributed by atoms with Crippen molar-refractivity contribution >= 4 is 17.7 Å². The molecule has 1 atom stereocenters. The van der Waals surface area contributed by atoms with Crippen LogP contribution in [0.25, 0.3) is 0 Å². The molecular weight excluding hydrogens is 196 g/mol. The third-order valence-electron chi connectivity index (χ3n) is 2.92. The average Bonchev–Trinajstić information content (AvgIpc) is 2.87. The summed E-state index contributed by atoms with van der Waals surface area (Å²) in [6, 6.07) is 0. The molecule has 2 heterocycles. The minimum atomic E-state index is 0.347. The number of hydrogen-bond acceptors (Lipinski definition) is 3. The van der Waals surface area contributed by atoms with Crippen LogP contribution in [0.5, 0.6) is 0 Å². The van der Waals surface area contributed by atoms with Gasteiger partial charge in [0.05, 0.1) is 5.75 Å². The first-order valence-corrected chi connectivity index (χ1v) is 6.51. The van der Waals surface area contributed by atoms with Gasteiger partial charge >= 0.3 is 0 Å². The summed E-state index contributed by atoms with van der Waals surface area (Å²) in [7, 11) is 0. The molecule has 2 rings (SSSR count). The Labute approximate surface area is 89.6 Å². The lowest BCUT2D eigenvalue weighted by molar-refractivity contribution is -0.127. The molecule has 80 valence electrons. The summed E-state index contributed by atoms with van der Waals surface area (Å²) in [6.07, 6.45) is 3.61. The van der Waals surface area contributed by atoms with Gasteiger partial charge in [0.1, 0.15) is 0 Å². The standard InChI is InChI=1S/C10H18N2OS/c13-10(12-5-1-2-6-12)8-14-9-3-4-11-7-9/h9,11H,1-8H2. The molecule has 0 aromatic carbocycles. The van der Waals surface area contributed by atoms with Crippen molar-refractivity contribution in [2.75, 3.05) is 31.9 Å². The topological polar surface area (TPSA) is 32.3 Å². The van der Waals surface area contributed by atoms with E-state index in [-0.39, 0.29) is 0 Å². The molecule has 2 aliphatic heterocycles. The van der Waals surface area contributed by atoms with Crippen LogP contribution in [0.4, 0.5) is 0 Å². The summed E-state index contributed by atoms with van der Waals surface area (Å²) < 4.78 is 0. The highest BCUT2D eigenvalue weighted by Crippen LogP contribution is 2.18. The predicted octanol–water partition coefficient (Wildman–Crippen LogP) is 0.704. The zero-order chi connectivity index (χ0) is 9.80. The monoisotopic (exact) mass is 214 g/mol. The Hall–Kier alpha value is -0.220. The van der Waals surface area contributed by atoms with Gasteiger partial charge in [-0.3, -0.25) is 4.79 Å². The van der Waals surface area contributed by atoms with Crippen molar-refractivity contribution < 1.29 is 4.79 Å². The van der Waals surface area contributed by atoms with E-state index in [0.717, 1.165) is 26.2 Å². The van der Waals surface area contributed by atoms with Crippen molar-refractivity contribution in [1.29, 1.82) is 0 Å². The fourth-order valence-electron chi connectivity index (χ4n) is 2.02. The number of carbonyl (C=O) groups excluding carboxylic acids is 1. The molecular formula is C10H18N2OS. The molecule has 1 N–H and O–H groups in total. The van der Waals surface area contributed by atoms with Crippen molar-refractivity contribution in [1.82, 2.24) is 10.2 Å². The van der Waals surface area contributed by atoms with Gasteiger partial charge in [-0.15, -0.1) is 11.8 Å². The van der Waals surface area contributed by atoms with Gasteiger partial charge in [0, 0.05) is 24.9 Å². The normalized spacial score (nSPS) is 27.1. The Morgan fingerprint density at radius 3 is 2.86 bits per heavy atom. The van der Waals surface area contributed by atoms with Gasteiger partial charge in [-0.05, 0) is 25.8 Å². The molecule has 3 nitrogen and oxygen atoms in total. The molecule has 0 aromatic heterocycles. The van der Waals surface area contributed by atoms with Gasteiger partial charge in [0.25, 0.3) is 0 Å². The Bertz CT molecular complexity index is 198. The molecule has 0 bridgehead atoms. The van der Waals surface area contributed by atoms with E-state index in [1.807, 2.05) is 16.7 Å². The average molecular weight is 214 g/mol. The lowest BCUT2D eigenvalue weighted by atomic mass is 10.4. The van der Waals surface area contributed by atoms with Crippen LogP contribution in [-0.4, -0.2) is 48.0 Å². The van der Waals surface area contributed by atoms with Crippen LogP contribution in [0.2, 0.25) is 0 Å². The summed E-state index contributed by atoms with van der Waals surface area (Å²) in [5.41, 5.74) is 0. The van der Waals surface area contributed by atoms with Gasteiger partial charge in [0.2, 0.25) is 5.91 Å². The van der Waals surface area contributed by atoms with Crippen molar-refractivity contribution in [2.45, 2.75) is 24.5 Å². The zero-order valence-electron chi connectivity index (χ0n) is 8.50. The van der Waals surface area contributed by atoms with Crippen LogP contribution in [0.15, 0.2) is 0 Å². The minimum Gasteiger partial charge on any atom is -0.342 e. The van der Waals surface area contributed by atoms with Crippen LogP contribution in [0.1, 0.15) is 19.3 Å². The number of thioether (sulfide) groups is 1. The second kappa shape index (κ2) is 5.03. The SMILES string of the molecule is O=C(CSC1CCNC1)N1CCCC1. The first-order valence-electron chi connectivity index (χ1n) is 5.46. The summed E-state index contributed by atoms with van der Waals surface area (Å²) in [6.45, 7) is 4.18. The fourth-order valence-corrected chi connectivity index (χ4v) is 3.10. The second-order valence-electron chi connectivity index (χ2n) is 4.01. The Morgan fingerprint density at radius 1 is 1.43 bits per heavy atom. The lowest BCUT2D eigenvalue weighted by Crippen LogP contribution is -2.30. The number of likely N-dealkylation sites (tertiary alicyclic amines) is 1. The fraction of sp³-hybridized carbons (Fsp3) is 0.900. The van der Waals surface area contributed by atoms with E-state index in [1.165, 1.54) is 19.3 Å². The number of carbonyl (C=O) groups is 1. The molecule has 0 radical (unpaired) electrons. The molecule has 0 saturated carbocycles. The van der Waals surface area contributed by atoms with Crippen LogP contribution in [0, 0.1) is 0 Å². The third kappa shape index (κ3) is 2.64. The largest absolute Gasteiger partial charge is 0.342 e. The van der Waals surface area contributed by atoms with Crippen molar-refractivity contribution in [3.63, 3.8) is 0 Å². The molecule has 2 saturated heterocycles. The minimum absolute atomic E-state index is 0.347. The van der Waals surface area contributed by atoms with E-state index in [9.17, 15) is 4.79 Å². The highest BCUT2D eigenvalue weighted by Gasteiger charge is 2.20. The van der Waals surface area contributed by atoms with Crippen molar-refractivity contribution in [3.8, 4) is 0 Å². The first kappa shape index (κ1) is 10.3. The van der Waals surface area contributed by atoms with Gasteiger partial charge in [0.15, 0.2) is 0 Å². The van der Waals surface area contributed by atoms with Gasteiger partial charge in [-0.1, -0.05) is 0 Å². The highest BCUT2D eigenvalue weighted by molar-refractivity contribution is 8.00. The molecule has 4 heteroatoms. The molecule has 14 heavy (non-hydrogen) atoms. The molecule has 2 fully saturated rings. The summed E-state index contributed by atoms with van der Waals surface area (Å²) in [4.78, 5) is 13.7. The number of rotatable bonds is 3. The van der Waals surface area contributed by atoms with Crippen LogP contribution < -0.4 is 5.32 Å². The van der Waals surface area contributed by atoms with Crippen LogP contribution in [-0.2, 0) is 4.79 Å². The number of nitrogens with zero attached hydrogens (tertiary/aromatic N) is 1. The molecule has 2 aliphatic rings. The molecule has 0 aromatic rings. The Balaban J connectivity index is 1.66. The van der Waals surface area contributed by atoms with Gasteiger partial charge in [-0.2, -0.15) is 0 Å². The lowest BCUT2D eigenvalue weighted by Gasteiger charge is -2.16. The summed E-state index contributed by atoms with van der Waals surface area (Å²) in [5, 5.41) is 3.99. The number of nitrogens with one attached hydrogen (secondary N) is 1. The number of hydrogen-bond donors (Lipinski definition) is 1. The van der Waals surface area contributed by atoms with Gasteiger partial charge in [-0.25, -0.2) is 0 Å². The van der Waals surface area contributed by atoms with E-state index < -0.39 is 0 Å². The predicted molar refractivity (Wildman–Crippen MR) is 59.5 cm³/mol. The van der Waals surface area contributed by atoms with E-state index in [0.29, 0.717) is 16.9 Å². The molecule has 1 unspecified atom stereocenters. The maximum atomic E-state index is 11.7. The maximum Gasteiger partial charge on any atom is 0.232 e. The van der Waals surface area contributed by atoms with E-state index in [1.54, 1.807) is 0 Å². The maximum absolute atomic E-state index is 11.7. The van der Waals surface area contributed by atoms with Gasteiger partial charge < -0.3 is 10.2 Å². The highest BCUT2D eigenvalue weighted by atomic mass is 32.2. The Kier molecular flexibility index (Phi) is 3.70. The quantitative estimate of drug-likeness (QED) is 0.751. The molecule has 0 aliphatic carbocycles. The zero-order valence-corrected chi connectivity index (χ0v) is 9.31. The van der Waals surface area contributed by atoms with Crippen LogP contribution in [0.3, 0.4) is 0 Å². The smallest absolute Gasteiger partial charge is 0.232 e. The molecule has 1 amide bonds. The third-order valence-corrected chi connectivity index (χ3v) is 4.20. The summed E-state index contributed by atoms with van der Waals surface area (Å²) >= 11 is 1.83. The van der Waals surface area contributed by atoms with Crippen molar-refractivity contribution in [2.24, 2.45) is 0 Å². The second-order valence-corrected chi connectivity index (χ2v) is 5.30. The summed E-state index contributed by atoms with van der Waals surface area (Å²) in [5.74, 6) is 1.03. The Morgan fingerprint density at radius 2 is 2.21 bits per heavy atom. The first-order chi connectivity index (χ1) is 6.86. The van der Waals surface area contributed by atoms with Crippen molar-refractivity contribution in [3.05, 3.63) is 0 Å². The molecule has 0 spiro atoms.